The maximum absolute atomic E-state index is 11.7. The summed E-state index contributed by atoms with van der Waals surface area (Å²) in [5.74, 6) is 2.33. The predicted molar refractivity (Wildman–Crippen MR) is 76.4 cm³/mol. The fraction of sp³-hybridized carbons (Fsp3) is 0.533. The number of methoxy groups -OCH3 is 1. The zero-order valence-electron chi connectivity index (χ0n) is 11.6. The van der Waals surface area contributed by atoms with Gasteiger partial charge in [0.15, 0.2) is 0 Å². The molecule has 1 atom stereocenters. The van der Waals surface area contributed by atoms with E-state index < -0.39 is 0 Å². The Morgan fingerprint density at radius 1 is 1.37 bits per heavy atom. The Labute approximate surface area is 114 Å². The van der Waals surface area contributed by atoms with Gasteiger partial charge >= 0.3 is 0 Å². The molecule has 0 aliphatic heterocycles. The van der Waals surface area contributed by atoms with E-state index >= 15 is 0 Å². The van der Waals surface area contributed by atoms with Crippen LogP contribution in [0, 0.1) is 11.8 Å². The largest absolute Gasteiger partial charge is 0.497 e. The first-order valence-electron chi connectivity index (χ1n) is 6.83. The first-order valence-corrected chi connectivity index (χ1v) is 6.83. The molecule has 1 aliphatic carbocycles. The van der Waals surface area contributed by atoms with Crippen LogP contribution in [0.3, 0.4) is 0 Å². The van der Waals surface area contributed by atoms with Crippen LogP contribution in [-0.4, -0.2) is 26.1 Å². The van der Waals surface area contributed by atoms with E-state index in [4.69, 9.17) is 4.74 Å². The SMILES string of the molecule is COc1ccc(NC(=O)CNCC(C)C2CC2)cc1. The summed E-state index contributed by atoms with van der Waals surface area (Å²) in [5, 5.41) is 6.07. The second-order valence-corrected chi connectivity index (χ2v) is 5.22. The molecule has 2 rings (SSSR count). The van der Waals surface area contributed by atoms with Gasteiger partial charge in [-0.1, -0.05) is 6.92 Å². The van der Waals surface area contributed by atoms with Crippen LogP contribution in [-0.2, 0) is 4.79 Å². The van der Waals surface area contributed by atoms with Crippen molar-refractivity contribution >= 4 is 11.6 Å². The number of anilines is 1. The highest BCUT2D eigenvalue weighted by atomic mass is 16.5. The van der Waals surface area contributed by atoms with Crippen molar-refractivity contribution in [1.82, 2.24) is 5.32 Å². The normalized spacial score (nSPS) is 15.9. The molecule has 1 unspecified atom stereocenters. The lowest BCUT2D eigenvalue weighted by Crippen LogP contribution is -2.31. The number of hydrogen-bond donors (Lipinski definition) is 2. The minimum atomic E-state index is -0.00633. The number of amides is 1. The Morgan fingerprint density at radius 2 is 2.05 bits per heavy atom. The van der Waals surface area contributed by atoms with E-state index in [1.165, 1.54) is 12.8 Å². The van der Waals surface area contributed by atoms with Crippen LogP contribution in [0.5, 0.6) is 5.75 Å². The van der Waals surface area contributed by atoms with Crippen LogP contribution in [0.1, 0.15) is 19.8 Å². The number of rotatable bonds is 7. The average molecular weight is 262 g/mol. The molecular formula is C15H22N2O2. The molecule has 19 heavy (non-hydrogen) atoms. The molecule has 0 radical (unpaired) electrons. The summed E-state index contributed by atoms with van der Waals surface area (Å²) in [5.41, 5.74) is 0.794. The van der Waals surface area contributed by atoms with Gasteiger partial charge in [-0.25, -0.2) is 0 Å². The fourth-order valence-corrected chi connectivity index (χ4v) is 2.12. The van der Waals surface area contributed by atoms with Crippen molar-refractivity contribution < 1.29 is 9.53 Å². The van der Waals surface area contributed by atoms with Gasteiger partial charge in [-0.3, -0.25) is 4.79 Å². The van der Waals surface area contributed by atoms with Gasteiger partial charge in [0.05, 0.1) is 13.7 Å². The summed E-state index contributed by atoms with van der Waals surface area (Å²) in [6, 6.07) is 7.34. The van der Waals surface area contributed by atoms with Gasteiger partial charge in [0, 0.05) is 5.69 Å². The van der Waals surface area contributed by atoms with Crippen LogP contribution >= 0.6 is 0 Å². The van der Waals surface area contributed by atoms with Crippen molar-refractivity contribution in [2.75, 3.05) is 25.5 Å². The molecule has 0 spiro atoms. The number of carbonyl (C=O) groups excluding carboxylic acids is 1. The van der Waals surface area contributed by atoms with E-state index in [9.17, 15) is 4.79 Å². The second-order valence-electron chi connectivity index (χ2n) is 5.22. The van der Waals surface area contributed by atoms with Crippen LogP contribution < -0.4 is 15.4 Å². The maximum Gasteiger partial charge on any atom is 0.238 e. The van der Waals surface area contributed by atoms with E-state index in [0.29, 0.717) is 12.5 Å². The summed E-state index contributed by atoms with van der Waals surface area (Å²) in [6.07, 6.45) is 2.70. The quantitative estimate of drug-likeness (QED) is 0.792. The predicted octanol–water partition coefficient (Wildman–Crippen LogP) is 2.27. The molecule has 0 bridgehead atoms. The van der Waals surface area contributed by atoms with Crippen molar-refractivity contribution in [1.29, 1.82) is 0 Å². The second kappa shape index (κ2) is 6.57. The van der Waals surface area contributed by atoms with E-state index in [-0.39, 0.29) is 5.91 Å². The molecule has 4 nitrogen and oxygen atoms in total. The van der Waals surface area contributed by atoms with Crippen LogP contribution in [0.2, 0.25) is 0 Å². The van der Waals surface area contributed by atoms with Crippen LogP contribution in [0.15, 0.2) is 24.3 Å². The molecular weight excluding hydrogens is 240 g/mol. The van der Waals surface area contributed by atoms with E-state index in [1.807, 2.05) is 24.3 Å². The van der Waals surface area contributed by atoms with Gasteiger partial charge in [-0.2, -0.15) is 0 Å². The molecule has 1 fully saturated rings. The zero-order valence-corrected chi connectivity index (χ0v) is 11.6. The van der Waals surface area contributed by atoms with Crippen molar-refractivity contribution in [2.24, 2.45) is 11.8 Å². The van der Waals surface area contributed by atoms with Crippen molar-refractivity contribution in [3.63, 3.8) is 0 Å². The molecule has 0 aromatic heterocycles. The summed E-state index contributed by atoms with van der Waals surface area (Å²) in [4.78, 5) is 11.7. The highest BCUT2D eigenvalue weighted by molar-refractivity contribution is 5.92. The Morgan fingerprint density at radius 3 is 2.63 bits per heavy atom. The molecule has 104 valence electrons. The van der Waals surface area contributed by atoms with E-state index in [0.717, 1.165) is 23.9 Å². The first-order chi connectivity index (χ1) is 9.19. The number of nitrogens with one attached hydrogen (secondary N) is 2. The Kier molecular flexibility index (Phi) is 4.80. The Hall–Kier alpha value is -1.55. The topological polar surface area (TPSA) is 50.4 Å². The summed E-state index contributed by atoms with van der Waals surface area (Å²) < 4.78 is 5.07. The lowest BCUT2D eigenvalue weighted by atomic mass is 10.1. The molecule has 2 N–H and O–H groups in total. The zero-order chi connectivity index (χ0) is 13.7. The van der Waals surface area contributed by atoms with Gasteiger partial charge in [-0.05, 0) is 55.5 Å². The minimum Gasteiger partial charge on any atom is -0.497 e. The third-order valence-corrected chi connectivity index (χ3v) is 3.55. The summed E-state index contributed by atoms with van der Waals surface area (Å²) in [7, 11) is 1.62. The van der Waals surface area contributed by atoms with Crippen molar-refractivity contribution in [2.45, 2.75) is 19.8 Å². The van der Waals surface area contributed by atoms with Gasteiger partial charge in [0.2, 0.25) is 5.91 Å². The Balaban J connectivity index is 1.67. The highest BCUT2D eigenvalue weighted by Gasteiger charge is 2.27. The molecule has 1 aromatic rings. The van der Waals surface area contributed by atoms with Crippen molar-refractivity contribution in [3.05, 3.63) is 24.3 Å². The summed E-state index contributed by atoms with van der Waals surface area (Å²) >= 11 is 0. The van der Waals surface area contributed by atoms with E-state index in [1.54, 1.807) is 7.11 Å². The standard InChI is InChI=1S/C15H22N2O2/c1-11(12-3-4-12)9-16-10-15(18)17-13-5-7-14(19-2)8-6-13/h5-8,11-12,16H,3-4,9-10H2,1-2H3,(H,17,18). The number of ether oxygens (including phenoxy) is 1. The molecule has 1 aromatic carbocycles. The molecule has 0 heterocycles. The molecule has 1 saturated carbocycles. The van der Waals surface area contributed by atoms with Gasteiger partial charge in [0.1, 0.15) is 5.75 Å². The molecule has 4 heteroatoms. The third kappa shape index (κ3) is 4.56. The number of hydrogen-bond acceptors (Lipinski definition) is 3. The fourth-order valence-electron chi connectivity index (χ4n) is 2.12. The highest BCUT2D eigenvalue weighted by Crippen LogP contribution is 2.35. The van der Waals surface area contributed by atoms with Crippen LogP contribution in [0.25, 0.3) is 0 Å². The monoisotopic (exact) mass is 262 g/mol. The average Bonchev–Trinajstić information content (AvgIpc) is 3.24. The van der Waals surface area contributed by atoms with Gasteiger partial charge in [-0.15, -0.1) is 0 Å². The lowest BCUT2D eigenvalue weighted by molar-refractivity contribution is -0.115. The summed E-state index contributed by atoms with van der Waals surface area (Å²) in [6.45, 7) is 3.52. The Bertz CT molecular complexity index is 413. The smallest absolute Gasteiger partial charge is 0.238 e. The maximum atomic E-state index is 11.7. The lowest BCUT2D eigenvalue weighted by Gasteiger charge is -2.11. The number of benzene rings is 1. The molecule has 1 aliphatic rings. The van der Waals surface area contributed by atoms with Gasteiger partial charge < -0.3 is 15.4 Å². The molecule has 0 saturated heterocycles. The molecule has 1 amide bonds. The first kappa shape index (κ1) is 13.9. The third-order valence-electron chi connectivity index (χ3n) is 3.55. The van der Waals surface area contributed by atoms with Crippen molar-refractivity contribution in [3.8, 4) is 5.75 Å². The van der Waals surface area contributed by atoms with E-state index in [2.05, 4.69) is 17.6 Å². The minimum absolute atomic E-state index is 0.00633. The van der Waals surface area contributed by atoms with Crippen LogP contribution in [0.4, 0.5) is 5.69 Å². The number of carbonyl (C=O) groups is 1. The van der Waals surface area contributed by atoms with Gasteiger partial charge in [0.25, 0.3) is 0 Å².